The molecular formula is C23H17Cl2F4NO5S. The van der Waals surface area contributed by atoms with Gasteiger partial charge in [-0.05, 0) is 41.0 Å². The third kappa shape index (κ3) is 5.15. The van der Waals surface area contributed by atoms with Crippen LogP contribution in [0.5, 0.6) is 0 Å². The normalized spacial score (nSPS) is 17.2. The second-order valence-corrected chi connectivity index (χ2v) is 11.6. The molecule has 36 heavy (non-hydrogen) atoms. The number of ketones is 1. The molecule has 0 bridgehead atoms. The molecule has 2 aliphatic rings. The molecule has 192 valence electrons. The van der Waals surface area contributed by atoms with Crippen molar-refractivity contribution in [3.05, 3.63) is 74.5 Å². The zero-order valence-corrected chi connectivity index (χ0v) is 20.8. The van der Waals surface area contributed by atoms with E-state index in [1.165, 1.54) is 17.0 Å². The fraction of sp³-hybridized carbons (Fsp3) is 0.304. The number of carbonyl (C=O) groups is 2. The third-order valence-corrected chi connectivity index (χ3v) is 7.21. The van der Waals surface area contributed by atoms with Crippen LogP contribution in [0.15, 0.2) is 36.4 Å². The summed E-state index contributed by atoms with van der Waals surface area (Å²) in [7, 11) is -3.49. The summed E-state index contributed by atoms with van der Waals surface area (Å²) in [5.74, 6) is -3.21. The highest BCUT2D eigenvalue weighted by Gasteiger charge is 2.51. The van der Waals surface area contributed by atoms with Gasteiger partial charge in [-0.15, -0.1) is 0 Å². The molecule has 2 aliphatic heterocycles. The van der Waals surface area contributed by atoms with Gasteiger partial charge < -0.3 is 9.64 Å². The molecule has 0 saturated carbocycles. The number of carbonyl (C=O) groups excluding carboxylic acids is 2. The Bertz CT molecular complexity index is 1390. The highest BCUT2D eigenvalue weighted by atomic mass is 35.5. The van der Waals surface area contributed by atoms with Gasteiger partial charge in [0, 0.05) is 11.8 Å². The largest absolute Gasteiger partial charge is 0.417 e. The summed E-state index contributed by atoms with van der Waals surface area (Å²) in [6.45, 7) is 0.293. The molecule has 6 nitrogen and oxygen atoms in total. The van der Waals surface area contributed by atoms with Gasteiger partial charge in [0.1, 0.15) is 11.4 Å². The maximum Gasteiger partial charge on any atom is 0.417 e. The Morgan fingerprint density at radius 1 is 1.11 bits per heavy atom. The molecule has 1 fully saturated rings. The van der Waals surface area contributed by atoms with Gasteiger partial charge in [-0.25, -0.2) is 12.8 Å². The van der Waals surface area contributed by atoms with E-state index >= 15 is 0 Å². The lowest BCUT2D eigenvalue weighted by Crippen LogP contribution is -2.62. The topological polar surface area (TPSA) is 80.8 Å². The number of rotatable bonds is 5. The van der Waals surface area contributed by atoms with Gasteiger partial charge in [0.15, 0.2) is 21.4 Å². The Labute approximate surface area is 213 Å². The van der Waals surface area contributed by atoms with E-state index < -0.39 is 66.1 Å². The van der Waals surface area contributed by atoms with Gasteiger partial charge in [-0.2, -0.15) is 13.2 Å². The number of benzene rings is 2. The minimum Gasteiger partial charge on any atom is -0.362 e. The molecule has 1 spiro atoms. The molecule has 13 heteroatoms. The summed E-state index contributed by atoms with van der Waals surface area (Å²) >= 11 is 11.3. The van der Waals surface area contributed by atoms with E-state index in [-0.39, 0.29) is 25.3 Å². The number of fused-ring (bicyclic) bond motifs is 2. The quantitative estimate of drug-likeness (QED) is 0.229. The molecule has 0 N–H and O–H groups in total. The average Bonchev–Trinajstić information content (AvgIpc) is 3.11. The zero-order valence-electron chi connectivity index (χ0n) is 18.5. The van der Waals surface area contributed by atoms with Crippen LogP contribution in [-0.2, 0) is 31.6 Å². The average molecular weight is 566 g/mol. The Hall–Kier alpha value is -2.47. The summed E-state index contributed by atoms with van der Waals surface area (Å²) in [5.41, 5.74) is -1.59. The third-order valence-electron chi connectivity index (χ3n) is 5.89. The zero-order chi connectivity index (χ0) is 26.6. The summed E-state index contributed by atoms with van der Waals surface area (Å²) in [6, 6.07) is 5.77. The predicted molar refractivity (Wildman–Crippen MR) is 124 cm³/mol. The van der Waals surface area contributed by atoms with E-state index in [4.69, 9.17) is 27.9 Å². The van der Waals surface area contributed by atoms with Crippen molar-refractivity contribution in [2.24, 2.45) is 0 Å². The fourth-order valence-corrected chi connectivity index (χ4v) is 5.30. The van der Waals surface area contributed by atoms with Crippen molar-refractivity contribution < 1.29 is 40.3 Å². The molecular weight excluding hydrogens is 549 g/mol. The number of hydrogen-bond donors (Lipinski definition) is 0. The van der Waals surface area contributed by atoms with Crippen molar-refractivity contribution in [3.8, 4) is 0 Å². The Kier molecular flexibility index (Phi) is 6.74. The van der Waals surface area contributed by atoms with E-state index in [9.17, 15) is 35.6 Å². The predicted octanol–water partition coefficient (Wildman–Crippen LogP) is 4.57. The summed E-state index contributed by atoms with van der Waals surface area (Å²) in [6.07, 6.45) is -3.61. The van der Waals surface area contributed by atoms with Crippen molar-refractivity contribution in [3.63, 3.8) is 0 Å². The number of halogens is 6. The minimum absolute atomic E-state index is 0.0419. The maximum absolute atomic E-state index is 13.7. The summed E-state index contributed by atoms with van der Waals surface area (Å²) in [5, 5.41) is -1.24. The minimum atomic E-state index is -4.96. The molecule has 0 aliphatic carbocycles. The van der Waals surface area contributed by atoms with Crippen LogP contribution in [0.4, 0.5) is 17.6 Å². The summed E-state index contributed by atoms with van der Waals surface area (Å²) in [4.78, 5) is 26.2. The molecule has 0 aromatic heterocycles. The number of hydrogen-bond acceptors (Lipinski definition) is 5. The number of nitrogens with zero attached hydrogens (tertiary/aromatic N) is 1. The lowest BCUT2D eigenvalue weighted by atomic mass is 9.84. The van der Waals surface area contributed by atoms with Gasteiger partial charge in [-0.3, -0.25) is 9.59 Å². The lowest BCUT2D eigenvalue weighted by Gasteiger charge is -2.47. The lowest BCUT2D eigenvalue weighted by molar-refractivity contribution is -0.166. The number of ether oxygens (including phenoxy) is 1. The second kappa shape index (κ2) is 9.13. The van der Waals surface area contributed by atoms with Crippen molar-refractivity contribution in [2.45, 2.75) is 18.4 Å². The van der Waals surface area contributed by atoms with Gasteiger partial charge in [0.2, 0.25) is 5.91 Å². The van der Waals surface area contributed by atoms with Gasteiger partial charge in [-0.1, -0.05) is 35.3 Å². The second-order valence-electron chi connectivity index (χ2n) is 8.65. The number of amides is 1. The standard InChI is InChI=1S/C23H17Cl2F4NO5S/c1-36(33,34)9-20(32)30-10-22(11-30)15-3-2-12(4-14(15)8-35-22)19(31)7-16(23(27,28)29)13-5-17(24)21(26)18(25)6-13/h2-7H,8-11H2,1H3. The van der Waals surface area contributed by atoms with E-state index in [2.05, 4.69) is 0 Å². The van der Waals surface area contributed by atoms with Crippen LogP contribution < -0.4 is 0 Å². The first-order valence-corrected chi connectivity index (χ1v) is 13.1. The molecule has 1 amide bonds. The Morgan fingerprint density at radius 3 is 2.28 bits per heavy atom. The van der Waals surface area contributed by atoms with E-state index in [1.54, 1.807) is 6.07 Å². The maximum atomic E-state index is 13.7. The van der Waals surface area contributed by atoms with Crippen LogP contribution in [-0.4, -0.2) is 56.3 Å². The van der Waals surface area contributed by atoms with Crippen molar-refractivity contribution >= 4 is 50.3 Å². The summed E-state index contributed by atoms with van der Waals surface area (Å²) < 4.78 is 83.4. The Morgan fingerprint density at radius 2 is 1.72 bits per heavy atom. The number of likely N-dealkylation sites (tertiary alicyclic amines) is 1. The molecule has 0 atom stereocenters. The van der Waals surface area contributed by atoms with E-state index in [0.29, 0.717) is 17.2 Å². The molecule has 2 aromatic carbocycles. The smallest absolute Gasteiger partial charge is 0.362 e. The van der Waals surface area contributed by atoms with E-state index in [1.807, 2.05) is 0 Å². The van der Waals surface area contributed by atoms with Crippen LogP contribution in [0.2, 0.25) is 10.0 Å². The van der Waals surface area contributed by atoms with Crippen molar-refractivity contribution in [1.29, 1.82) is 0 Å². The van der Waals surface area contributed by atoms with Crippen molar-refractivity contribution in [2.75, 3.05) is 25.1 Å². The molecule has 0 unspecified atom stereocenters. The van der Waals surface area contributed by atoms with Crippen LogP contribution in [0.1, 0.15) is 27.0 Å². The van der Waals surface area contributed by atoms with Crippen LogP contribution in [0, 0.1) is 5.82 Å². The SMILES string of the molecule is CS(=O)(=O)CC(=O)N1CC2(C1)OCc1cc(C(=O)C=C(c3cc(Cl)c(F)c(Cl)c3)C(F)(F)F)ccc12. The first-order chi connectivity index (χ1) is 16.6. The number of allylic oxidation sites excluding steroid dienone is 2. The number of sulfone groups is 1. The van der Waals surface area contributed by atoms with Gasteiger partial charge >= 0.3 is 6.18 Å². The Balaban J connectivity index is 1.58. The first-order valence-electron chi connectivity index (χ1n) is 10.3. The monoisotopic (exact) mass is 565 g/mol. The highest BCUT2D eigenvalue weighted by Crippen LogP contribution is 2.44. The molecule has 2 aromatic rings. The van der Waals surface area contributed by atoms with Gasteiger partial charge in [0.05, 0.1) is 35.3 Å². The van der Waals surface area contributed by atoms with E-state index in [0.717, 1.165) is 18.4 Å². The van der Waals surface area contributed by atoms with Crippen LogP contribution >= 0.6 is 23.2 Å². The molecule has 1 saturated heterocycles. The van der Waals surface area contributed by atoms with Gasteiger partial charge in [0.25, 0.3) is 0 Å². The fourth-order valence-electron chi connectivity index (χ4n) is 4.18. The number of alkyl halides is 3. The van der Waals surface area contributed by atoms with Crippen LogP contribution in [0.3, 0.4) is 0 Å². The molecule has 2 heterocycles. The first kappa shape index (κ1) is 26.6. The highest BCUT2D eigenvalue weighted by molar-refractivity contribution is 7.91. The van der Waals surface area contributed by atoms with Crippen LogP contribution in [0.25, 0.3) is 5.57 Å². The van der Waals surface area contributed by atoms with Crippen molar-refractivity contribution in [1.82, 2.24) is 4.90 Å². The molecule has 0 radical (unpaired) electrons. The molecule has 4 rings (SSSR count).